The first-order valence-corrected chi connectivity index (χ1v) is 8.52. The number of nitrogens with one attached hydrogen (secondary N) is 2. The number of aliphatic carboxylic acids is 2. The van der Waals surface area contributed by atoms with Crippen molar-refractivity contribution in [3.8, 4) is 0 Å². The first-order valence-electron chi connectivity index (χ1n) is 8.52. The highest BCUT2D eigenvalue weighted by Crippen LogP contribution is 2.31. The Morgan fingerprint density at radius 1 is 0.625 bits per heavy atom. The average Bonchev–Trinajstić information content (AvgIpc) is 3.03. The SMILES string of the molecule is Cl.Cl.O=C(O)[C@@H]1CC[C@H]2CC[C@@H]1N2.O=C(O)[C@H]1CC[C@@H]2CC[C@H]1N2. The number of hydrogen-bond acceptors (Lipinski definition) is 4. The zero-order valence-corrected chi connectivity index (χ0v) is 15.3. The molecule has 0 unspecified atom stereocenters. The Bertz CT molecular complexity index is 412. The van der Waals surface area contributed by atoms with E-state index >= 15 is 0 Å². The van der Waals surface area contributed by atoms with Crippen LogP contribution in [0.2, 0.25) is 0 Å². The van der Waals surface area contributed by atoms with Crippen LogP contribution in [0.15, 0.2) is 0 Å². The monoisotopic (exact) mass is 382 g/mol. The van der Waals surface area contributed by atoms with E-state index in [1.54, 1.807) is 0 Å². The van der Waals surface area contributed by atoms with Crippen LogP contribution in [0.4, 0.5) is 0 Å². The smallest absolute Gasteiger partial charge is 0.308 e. The second kappa shape index (κ2) is 9.22. The van der Waals surface area contributed by atoms with Crippen molar-refractivity contribution in [2.24, 2.45) is 11.8 Å². The van der Waals surface area contributed by atoms with Gasteiger partial charge in [-0.05, 0) is 51.4 Å². The number of rotatable bonds is 2. The number of carboxylic acids is 2. The maximum absolute atomic E-state index is 10.7. The fourth-order valence-electron chi connectivity index (χ4n) is 4.55. The van der Waals surface area contributed by atoms with Gasteiger partial charge < -0.3 is 20.8 Å². The van der Waals surface area contributed by atoms with Crippen LogP contribution in [0.5, 0.6) is 0 Å². The predicted octanol–water partition coefficient (Wildman–Crippen LogP) is 2.05. The van der Waals surface area contributed by atoms with Crippen molar-refractivity contribution in [2.75, 3.05) is 0 Å². The van der Waals surface area contributed by atoms with E-state index in [0.717, 1.165) is 38.5 Å². The highest BCUT2D eigenvalue weighted by Gasteiger charge is 2.39. The molecule has 4 bridgehead atoms. The van der Waals surface area contributed by atoms with Crippen molar-refractivity contribution in [1.82, 2.24) is 10.6 Å². The van der Waals surface area contributed by atoms with Gasteiger partial charge in [-0.1, -0.05) is 0 Å². The normalized spacial score (nSPS) is 38.8. The zero-order valence-electron chi connectivity index (χ0n) is 13.6. The fraction of sp³-hybridized carbons (Fsp3) is 0.875. The van der Waals surface area contributed by atoms with Gasteiger partial charge in [0, 0.05) is 24.2 Å². The molecule has 0 radical (unpaired) electrons. The molecule has 0 spiro atoms. The van der Waals surface area contributed by atoms with Gasteiger partial charge in [-0.2, -0.15) is 0 Å². The summed E-state index contributed by atoms with van der Waals surface area (Å²) in [4.78, 5) is 21.4. The van der Waals surface area contributed by atoms with Gasteiger partial charge in [0.05, 0.1) is 11.8 Å². The zero-order chi connectivity index (χ0) is 15.7. The van der Waals surface area contributed by atoms with Gasteiger partial charge in [-0.3, -0.25) is 9.59 Å². The van der Waals surface area contributed by atoms with E-state index in [1.165, 1.54) is 12.8 Å². The van der Waals surface area contributed by atoms with Gasteiger partial charge in [-0.25, -0.2) is 0 Å². The second-order valence-electron chi connectivity index (χ2n) is 7.14. The molecule has 4 aliphatic heterocycles. The van der Waals surface area contributed by atoms with Crippen LogP contribution < -0.4 is 10.6 Å². The molecule has 6 nitrogen and oxygen atoms in total. The Morgan fingerprint density at radius 2 is 0.958 bits per heavy atom. The molecule has 4 heterocycles. The van der Waals surface area contributed by atoms with E-state index in [2.05, 4.69) is 10.6 Å². The fourth-order valence-corrected chi connectivity index (χ4v) is 4.55. The molecule has 0 amide bonds. The standard InChI is InChI=1S/2C8H13NO2.2ClH/c2*10-8(11)6-3-1-5-2-4-7(6)9-5;;/h2*5-7,9H,1-4H2,(H,10,11);2*1H/t2*5-,6+,7-;;/m10../s1. The van der Waals surface area contributed by atoms with Crippen molar-refractivity contribution < 1.29 is 19.8 Å². The Hall–Kier alpha value is -0.560. The lowest BCUT2D eigenvalue weighted by molar-refractivity contribution is -0.144. The van der Waals surface area contributed by atoms with Crippen molar-refractivity contribution >= 4 is 36.8 Å². The van der Waals surface area contributed by atoms with Crippen LogP contribution in [-0.4, -0.2) is 46.3 Å². The molecule has 6 atom stereocenters. The Morgan fingerprint density at radius 3 is 1.29 bits per heavy atom. The van der Waals surface area contributed by atoms with Crippen LogP contribution in [0.3, 0.4) is 0 Å². The molecular formula is C16H28Cl2N2O4. The van der Waals surface area contributed by atoms with Gasteiger partial charge >= 0.3 is 11.9 Å². The largest absolute Gasteiger partial charge is 0.481 e. The molecule has 0 aromatic carbocycles. The highest BCUT2D eigenvalue weighted by atomic mass is 35.5. The van der Waals surface area contributed by atoms with Crippen LogP contribution in [0.1, 0.15) is 51.4 Å². The van der Waals surface area contributed by atoms with Crippen molar-refractivity contribution in [1.29, 1.82) is 0 Å². The number of hydrogen-bond donors (Lipinski definition) is 4. The molecule has 4 N–H and O–H groups in total. The van der Waals surface area contributed by atoms with E-state index in [0.29, 0.717) is 12.1 Å². The third-order valence-electron chi connectivity index (χ3n) is 5.81. The third kappa shape index (κ3) is 4.75. The summed E-state index contributed by atoms with van der Waals surface area (Å²) in [6.07, 6.45) is 8.31. The summed E-state index contributed by atoms with van der Waals surface area (Å²) >= 11 is 0. The van der Waals surface area contributed by atoms with Crippen LogP contribution in [0.25, 0.3) is 0 Å². The first-order chi connectivity index (χ1) is 10.5. The quantitative estimate of drug-likeness (QED) is 0.583. The summed E-state index contributed by atoms with van der Waals surface area (Å²) in [5.41, 5.74) is 0. The number of carbonyl (C=O) groups is 2. The molecule has 4 aliphatic rings. The summed E-state index contributed by atoms with van der Waals surface area (Å²) in [6.45, 7) is 0. The minimum atomic E-state index is -0.622. The van der Waals surface area contributed by atoms with E-state index < -0.39 is 11.9 Å². The molecule has 24 heavy (non-hydrogen) atoms. The summed E-state index contributed by atoms with van der Waals surface area (Å²) in [5.74, 6) is -1.48. The molecule has 4 fully saturated rings. The van der Waals surface area contributed by atoms with Crippen molar-refractivity contribution in [3.05, 3.63) is 0 Å². The third-order valence-corrected chi connectivity index (χ3v) is 5.81. The molecule has 140 valence electrons. The highest BCUT2D eigenvalue weighted by molar-refractivity contribution is 5.85. The molecule has 0 aromatic rings. The second-order valence-corrected chi connectivity index (χ2v) is 7.14. The Balaban J connectivity index is 0.000000222. The molecule has 0 aromatic heterocycles. The number of piperidine rings is 2. The van der Waals surface area contributed by atoms with Crippen LogP contribution in [0, 0.1) is 11.8 Å². The van der Waals surface area contributed by atoms with Gasteiger partial charge in [-0.15, -0.1) is 24.8 Å². The summed E-state index contributed by atoms with van der Waals surface area (Å²) < 4.78 is 0. The lowest BCUT2D eigenvalue weighted by Gasteiger charge is -2.26. The number of halogens is 2. The topological polar surface area (TPSA) is 98.7 Å². The maximum atomic E-state index is 10.7. The molecule has 8 heteroatoms. The number of fused-ring (bicyclic) bond motifs is 4. The Labute approximate surface area is 155 Å². The molecule has 0 saturated carbocycles. The van der Waals surface area contributed by atoms with Gasteiger partial charge in [0.15, 0.2) is 0 Å². The van der Waals surface area contributed by atoms with Gasteiger partial charge in [0.25, 0.3) is 0 Å². The van der Waals surface area contributed by atoms with Gasteiger partial charge in [0.2, 0.25) is 0 Å². The van der Waals surface area contributed by atoms with E-state index in [4.69, 9.17) is 10.2 Å². The van der Waals surface area contributed by atoms with E-state index in [9.17, 15) is 9.59 Å². The predicted molar refractivity (Wildman–Crippen MR) is 95.1 cm³/mol. The van der Waals surface area contributed by atoms with E-state index in [1.807, 2.05) is 0 Å². The molecule has 4 saturated heterocycles. The van der Waals surface area contributed by atoms with Crippen LogP contribution >= 0.6 is 24.8 Å². The van der Waals surface area contributed by atoms with Gasteiger partial charge in [0.1, 0.15) is 0 Å². The van der Waals surface area contributed by atoms with Crippen molar-refractivity contribution in [3.63, 3.8) is 0 Å². The van der Waals surface area contributed by atoms with Crippen LogP contribution in [-0.2, 0) is 9.59 Å². The Kier molecular flexibility index (Phi) is 8.26. The molecule has 4 rings (SSSR count). The summed E-state index contributed by atoms with van der Waals surface area (Å²) in [7, 11) is 0. The lowest BCUT2D eigenvalue weighted by Crippen LogP contribution is -2.43. The minimum Gasteiger partial charge on any atom is -0.481 e. The maximum Gasteiger partial charge on any atom is 0.308 e. The summed E-state index contributed by atoms with van der Waals surface area (Å²) in [6, 6.07) is 1.78. The number of carboxylic acid groups (broad SMARTS) is 2. The molecular weight excluding hydrogens is 355 g/mol. The van der Waals surface area contributed by atoms with Crippen molar-refractivity contribution in [2.45, 2.75) is 75.5 Å². The first kappa shape index (κ1) is 21.5. The lowest BCUT2D eigenvalue weighted by atomic mass is 9.92. The van der Waals surface area contributed by atoms with E-state index in [-0.39, 0.29) is 48.7 Å². The minimum absolute atomic E-state index is 0. The molecule has 0 aliphatic carbocycles. The average molecular weight is 383 g/mol. The summed E-state index contributed by atoms with van der Waals surface area (Å²) in [5, 5.41) is 24.3.